The summed E-state index contributed by atoms with van der Waals surface area (Å²) in [4.78, 5) is 12.6. The first-order chi connectivity index (χ1) is 16.5. The highest BCUT2D eigenvalue weighted by Gasteiger charge is 2.14. The minimum atomic E-state index is -0.429. The number of hydrogen-bond acceptors (Lipinski definition) is 4. The largest absolute Gasteiger partial charge is 0.485 e. The summed E-state index contributed by atoms with van der Waals surface area (Å²) in [5.41, 5.74) is 0.714. The monoisotopic (exact) mass is 475 g/mol. The van der Waals surface area contributed by atoms with Crippen LogP contribution in [0.25, 0.3) is 10.8 Å². The van der Waals surface area contributed by atoms with E-state index in [4.69, 9.17) is 20.8 Å². The number of hydrogen-bond donors (Lipinski definition) is 1. The van der Waals surface area contributed by atoms with E-state index in [0.29, 0.717) is 28.7 Å². The molecule has 0 radical (unpaired) electrons. The molecule has 5 rings (SSSR count). The second-order valence-electron chi connectivity index (χ2n) is 7.62. The molecule has 3 aromatic carbocycles. The highest BCUT2D eigenvalue weighted by Crippen LogP contribution is 2.26. The molecule has 0 atom stereocenters. The van der Waals surface area contributed by atoms with E-state index in [0.717, 1.165) is 16.5 Å². The molecule has 0 fully saturated rings. The molecule has 2 aromatic heterocycles. The Kier molecular flexibility index (Phi) is 6.01. The average Bonchev–Trinajstić information content (AvgIpc) is 3.49. The van der Waals surface area contributed by atoms with Crippen LogP contribution in [0.2, 0.25) is 5.02 Å². The molecule has 2 heterocycles. The number of furan rings is 1. The summed E-state index contributed by atoms with van der Waals surface area (Å²) in [6.07, 6.45) is 1.70. The quantitative estimate of drug-likeness (QED) is 0.300. The molecule has 0 saturated heterocycles. The van der Waals surface area contributed by atoms with Crippen molar-refractivity contribution in [1.29, 1.82) is 0 Å². The Labute approximate surface area is 199 Å². The molecular formula is C26H19ClFN3O3. The second kappa shape index (κ2) is 9.41. The van der Waals surface area contributed by atoms with E-state index in [1.54, 1.807) is 35.1 Å². The minimum absolute atomic E-state index is 0.146. The molecular weight excluding hydrogens is 457 g/mol. The van der Waals surface area contributed by atoms with Gasteiger partial charge in [0.2, 0.25) is 0 Å². The Balaban J connectivity index is 1.20. The SMILES string of the molecule is O=C(Nc1ccn(Cc2ccc(F)cc2Cl)n1)c1ccc(COc2cccc3ccccc23)o1. The smallest absolute Gasteiger partial charge is 0.292 e. The van der Waals surface area contributed by atoms with Crippen LogP contribution in [0.5, 0.6) is 5.75 Å². The molecule has 0 aliphatic rings. The third-order valence-corrected chi connectivity index (χ3v) is 5.59. The number of halogens is 2. The van der Waals surface area contributed by atoms with Crippen LogP contribution in [0, 0.1) is 5.82 Å². The third-order valence-electron chi connectivity index (χ3n) is 5.23. The number of nitrogens with zero attached hydrogens (tertiary/aromatic N) is 2. The van der Waals surface area contributed by atoms with E-state index in [1.165, 1.54) is 12.1 Å². The van der Waals surface area contributed by atoms with Crippen LogP contribution >= 0.6 is 11.6 Å². The molecule has 5 aromatic rings. The van der Waals surface area contributed by atoms with Gasteiger partial charge in [0.15, 0.2) is 11.6 Å². The minimum Gasteiger partial charge on any atom is -0.485 e. The van der Waals surface area contributed by atoms with Gasteiger partial charge in [-0.1, -0.05) is 54.1 Å². The fourth-order valence-electron chi connectivity index (χ4n) is 3.57. The number of amides is 1. The number of rotatable bonds is 7. The van der Waals surface area contributed by atoms with Gasteiger partial charge in [-0.15, -0.1) is 0 Å². The molecule has 0 unspecified atom stereocenters. The molecule has 0 saturated carbocycles. The summed E-state index contributed by atoms with van der Waals surface area (Å²) >= 11 is 6.07. The lowest BCUT2D eigenvalue weighted by Gasteiger charge is -2.08. The van der Waals surface area contributed by atoms with Crippen LogP contribution in [0.15, 0.2) is 89.5 Å². The van der Waals surface area contributed by atoms with Crippen molar-refractivity contribution in [3.05, 3.63) is 113 Å². The van der Waals surface area contributed by atoms with Gasteiger partial charge in [0.25, 0.3) is 5.91 Å². The molecule has 0 bridgehead atoms. The molecule has 170 valence electrons. The lowest BCUT2D eigenvalue weighted by Crippen LogP contribution is -2.12. The Morgan fingerprint density at radius 2 is 1.91 bits per heavy atom. The summed E-state index contributed by atoms with van der Waals surface area (Å²) in [6.45, 7) is 0.528. The van der Waals surface area contributed by atoms with E-state index in [2.05, 4.69) is 10.4 Å². The number of benzene rings is 3. The van der Waals surface area contributed by atoms with Crippen LogP contribution in [0.3, 0.4) is 0 Å². The third kappa shape index (κ3) is 4.79. The van der Waals surface area contributed by atoms with Gasteiger partial charge in [0.1, 0.15) is 23.9 Å². The fraction of sp³-hybridized carbons (Fsp3) is 0.0769. The summed E-state index contributed by atoms with van der Waals surface area (Å²) in [5, 5.41) is 9.42. The number of carbonyl (C=O) groups is 1. The average molecular weight is 476 g/mol. The molecule has 0 aliphatic carbocycles. The maximum absolute atomic E-state index is 13.2. The van der Waals surface area contributed by atoms with Crippen molar-refractivity contribution in [2.75, 3.05) is 5.32 Å². The number of anilines is 1. The van der Waals surface area contributed by atoms with Gasteiger partial charge in [-0.2, -0.15) is 5.10 Å². The Hall–Kier alpha value is -4.10. The summed E-state index contributed by atoms with van der Waals surface area (Å²) in [5.74, 6) is 0.937. The first kappa shape index (κ1) is 21.7. The van der Waals surface area contributed by atoms with Crippen molar-refractivity contribution < 1.29 is 18.3 Å². The fourth-order valence-corrected chi connectivity index (χ4v) is 3.79. The van der Waals surface area contributed by atoms with Crippen molar-refractivity contribution in [2.24, 2.45) is 0 Å². The lowest BCUT2D eigenvalue weighted by atomic mass is 10.1. The van der Waals surface area contributed by atoms with Crippen LogP contribution in [-0.4, -0.2) is 15.7 Å². The Morgan fingerprint density at radius 1 is 1.06 bits per heavy atom. The van der Waals surface area contributed by atoms with Crippen molar-refractivity contribution in [3.8, 4) is 5.75 Å². The molecule has 0 spiro atoms. The predicted octanol–water partition coefficient (Wildman–Crippen LogP) is 6.30. The van der Waals surface area contributed by atoms with E-state index < -0.39 is 11.7 Å². The molecule has 1 N–H and O–H groups in total. The maximum Gasteiger partial charge on any atom is 0.292 e. The van der Waals surface area contributed by atoms with Gasteiger partial charge in [-0.05, 0) is 41.3 Å². The summed E-state index contributed by atoms with van der Waals surface area (Å²) in [7, 11) is 0. The first-order valence-corrected chi connectivity index (χ1v) is 10.9. The standard InChI is InChI=1S/C26H19ClFN3O3/c27-22-14-19(28)9-8-18(22)15-31-13-12-25(30-31)29-26(32)24-11-10-20(34-24)16-33-23-7-3-5-17-4-1-2-6-21(17)23/h1-14H,15-16H2,(H,29,30,32). The topological polar surface area (TPSA) is 69.3 Å². The highest BCUT2D eigenvalue weighted by atomic mass is 35.5. The maximum atomic E-state index is 13.2. The van der Waals surface area contributed by atoms with Crippen LogP contribution in [0.4, 0.5) is 10.2 Å². The van der Waals surface area contributed by atoms with Crippen molar-refractivity contribution in [1.82, 2.24) is 9.78 Å². The normalized spacial score (nSPS) is 11.0. The van der Waals surface area contributed by atoms with Crippen LogP contribution < -0.4 is 10.1 Å². The van der Waals surface area contributed by atoms with Gasteiger partial charge < -0.3 is 14.5 Å². The number of aromatic nitrogens is 2. The number of nitrogens with one attached hydrogen (secondary N) is 1. The van der Waals surface area contributed by atoms with Crippen LogP contribution in [-0.2, 0) is 13.2 Å². The summed E-state index contributed by atoms with van der Waals surface area (Å²) < 4.78 is 26.4. The van der Waals surface area contributed by atoms with E-state index in [1.807, 2.05) is 42.5 Å². The predicted molar refractivity (Wildman–Crippen MR) is 128 cm³/mol. The molecule has 6 nitrogen and oxygen atoms in total. The zero-order chi connectivity index (χ0) is 23.5. The molecule has 1 amide bonds. The summed E-state index contributed by atoms with van der Waals surface area (Å²) in [6, 6.07) is 22.9. The number of carbonyl (C=O) groups excluding carboxylic acids is 1. The molecule has 8 heteroatoms. The van der Waals surface area contributed by atoms with Crippen molar-refractivity contribution >= 4 is 34.1 Å². The zero-order valence-electron chi connectivity index (χ0n) is 17.9. The molecule has 0 aliphatic heterocycles. The Bertz CT molecular complexity index is 1470. The second-order valence-corrected chi connectivity index (χ2v) is 8.03. The lowest BCUT2D eigenvalue weighted by molar-refractivity contribution is 0.0992. The van der Waals surface area contributed by atoms with E-state index >= 15 is 0 Å². The highest BCUT2D eigenvalue weighted by molar-refractivity contribution is 6.31. The first-order valence-electron chi connectivity index (χ1n) is 10.5. The van der Waals surface area contributed by atoms with Crippen LogP contribution in [0.1, 0.15) is 21.9 Å². The van der Waals surface area contributed by atoms with Gasteiger partial charge >= 0.3 is 0 Å². The van der Waals surface area contributed by atoms with E-state index in [-0.39, 0.29) is 12.4 Å². The molecule has 34 heavy (non-hydrogen) atoms. The van der Waals surface area contributed by atoms with Gasteiger partial charge in [0.05, 0.1) is 6.54 Å². The van der Waals surface area contributed by atoms with Gasteiger partial charge in [-0.3, -0.25) is 9.48 Å². The van der Waals surface area contributed by atoms with E-state index in [9.17, 15) is 9.18 Å². The van der Waals surface area contributed by atoms with Crippen molar-refractivity contribution in [2.45, 2.75) is 13.2 Å². The van der Waals surface area contributed by atoms with Crippen molar-refractivity contribution in [3.63, 3.8) is 0 Å². The Morgan fingerprint density at radius 3 is 2.79 bits per heavy atom. The van der Waals surface area contributed by atoms with Gasteiger partial charge in [0, 0.05) is 22.7 Å². The van der Waals surface area contributed by atoms with Gasteiger partial charge in [-0.25, -0.2) is 4.39 Å². The number of ether oxygens (including phenoxy) is 1. The zero-order valence-corrected chi connectivity index (χ0v) is 18.6. The number of fused-ring (bicyclic) bond motifs is 1.